The van der Waals surface area contributed by atoms with Crippen LogP contribution >= 0.6 is 0 Å². The minimum atomic E-state index is -1.59. The van der Waals surface area contributed by atoms with Crippen LogP contribution in [0.4, 0.5) is 0 Å². The van der Waals surface area contributed by atoms with Gasteiger partial charge in [-0.15, -0.1) is 0 Å². The van der Waals surface area contributed by atoms with E-state index in [-0.39, 0.29) is 32.0 Å². The number of carbonyl (C=O) groups excluding carboxylic acids is 2. The fourth-order valence-corrected chi connectivity index (χ4v) is 6.65. The lowest BCUT2D eigenvalue weighted by Crippen LogP contribution is -2.59. The normalized spacial score (nSPS) is 20.9. The molecule has 1 fully saturated rings. The second-order valence-electron chi connectivity index (χ2n) is 15.2. The van der Waals surface area contributed by atoms with Gasteiger partial charge in [0.15, 0.2) is 12.4 Å². The van der Waals surface area contributed by atoms with Crippen LogP contribution in [0.2, 0.25) is 0 Å². The standard InChI is InChI=1S/C43H80O10/c1-3-5-7-9-11-13-15-17-18-20-22-24-26-28-30-32-39(46)52-36(35-51-43-42(49)41(48)40(47)37(33-44)53-43)34-50-38(45)31-29-27-25-23-21-19-16-14-12-10-8-6-4-2/h17-18,36-37,40-44,47-49H,3-16,19-35H2,1-2H3/b18-17-/t36-,37-,40-,41+,42-,43-/m1/s1. The summed E-state index contributed by atoms with van der Waals surface area (Å²) in [5, 5.41) is 40.0. The number of ether oxygens (including phenoxy) is 4. The first-order valence-corrected chi connectivity index (χ1v) is 21.8. The summed E-state index contributed by atoms with van der Waals surface area (Å²) in [5.74, 6) is -0.809. The maximum absolute atomic E-state index is 12.7. The number of carbonyl (C=O) groups is 2. The zero-order valence-electron chi connectivity index (χ0n) is 33.8. The molecule has 10 nitrogen and oxygen atoms in total. The Morgan fingerprint density at radius 1 is 0.566 bits per heavy atom. The number of aliphatic hydroxyl groups is 4. The molecule has 1 heterocycles. The number of aliphatic hydroxyl groups excluding tert-OH is 4. The maximum Gasteiger partial charge on any atom is 0.306 e. The lowest BCUT2D eigenvalue weighted by Gasteiger charge is -2.39. The summed E-state index contributed by atoms with van der Waals surface area (Å²) in [6, 6.07) is 0. The Labute approximate surface area is 322 Å². The van der Waals surface area contributed by atoms with Gasteiger partial charge in [0.05, 0.1) is 13.2 Å². The fourth-order valence-electron chi connectivity index (χ4n) is 6.65. The van der Waals surface area contributed by atoms with Crippen molar-refractivity contribution in [3.63, 3.8) is 0 Å². The second-order valence-corrected chi connectivity index (χ2v) is 15.2. The number of allylic oxidation sites excluding steroid dienone is 2. The van der Waals surface area contributed by atoms with E-state index >= 15 is 0 Å². The van der Waals surface area contributed by atoms with Gasteiger partial charge in [0.2, 0.25) is 0 Å². The van der Waals surface area contributed by atoms with Crippen molar-refractivity contribution >= 4 is 11.9 Å². The summed E-state index contributed by atoms with van der Waals surface area (Å²) in [6.07, 6.45) is 27.9. The van der Waals surface area contributed by atoms with Gasteiger partial charge in [0.1, 0.15) is 31.0 Å². The molecular formula is C43H80O10. The largest absolute Gasteiger partial charge is 0.462 e. The molecule has 0 saturated carbocycles. The molecule has 0 unspecified atom stereocenters. The average Bonchev–Trinajstić information content (AvgIpc) is 3.15. The van der Waals surface area contributed by atoms with E-state index in [1.807, 2.05) is 0 Å². The van der Waals surface area contributed by atoms with Crippen LogP contribution in [0.15, 0.2) is 12.2 Å². The molecule has 6 atom stereocenters. The first-order valence-electron chi connectivity index (χ1n) is 21.8. The highest BCUT2D eigenvalue weighted by Gasteiger charge is 2.44. The molecular weight excluding hydrogens is 676 g/mol. The second kappa shape index (κ2) is 34.9. The Bertz CT molecular complexity index is 881. The minimum Gasteiger partial charge on any atom is -0.462 e. The third-order valence-corrected chi connectivity index (χ3v) is 10.2. The summed E-state index contributed by atoms with van der Waals surface area (Å²) in [5.41, 5.74) is 0. The monoisotopic (exact) mass is 757 g/mol. The number of rotatable bonds is 36. The molecule has 0 spiro atoms. The van der Waals surface area contributed by atoms with E-state index < -0.39 is 49.4 Å². The number of hydrogen-bond acceptors (Lipinski definition) is 10. The highest BCUT2D eigenvalue weighted by Crippen LogP contribution is 2.23. The van der Waals surface area contributed by atoms with Gasteiger partial charge in [0, 0.05) is 12.8 Å². The molecule has 0 aliphatic carbocycles. The zero-order valence-corrected chi connectivity index (χ0v) is 33.8. The van der Waals surface area contributed by atoms with E-state index in [1.165, 1.54) is 109 Å². The first kappa shape index (κ1) is 49.5. The third kappa shape index (κ3) is 26.8. The van der Waals surface area contributed by atoms with Gasteiger partial charge in [-0.05, 0) is 38.5 Å². The van der Waals surface area contributed by atoms with Gasteiger partial charge >= 0.3 is 11.9 Å². The fraction of sp³-hybridized carbons (Fsp3) is 0.907. The lowest BCUT2D eigenvalue weighted by molar-refractivity contribution is -0.305. The molecule has 1 aliphatic heterocycles. The van der Waals surface area contributed by atoms with E-state index in [0.29, 0.717) is 6.42 Å². The van der Waals surface area contributed by atoms with Gasteiger partial charge in [-0.3, -0.25) is 9.59 Å². The summed E-state index contributed by atoms with van der Waals surface area (Å²) < 4.78 is 22.1. The van der Waals surface area contributed by atoms with E-state index in [0.717, 1.165) is 51.4 Å². The van der Waals surface area contributed by atoms with E-state index in [2.05, 4.69) is 26.0 Å². The van der Waals surface area contributed by atoms with E-state index in [1.54, 1.807) is 0 Å². The molecule has 0 bridgehead atoms. The summed E-state index contributed by atoms with van der Waals surface area (Å²) in [4.78, 5) is 25.3. The van der Waals surface area contributed by atoms with Gasteiger partial charge in [-0.25, -0.2) is 0 Å². The van der Waals surface area contributed by atoms with Crippen molar-refractivity contribution in [1.29, 1.82) is 0 Å². The van der Waals surface area contributed by atoms with Crippen molar-refractivity contribution < 1.29 is 49.0 Å². The van der Waals surface area contributed by atoms with Crippen LogP contribution in [-0.2, 0) is 28.5 Å². The topological polar surface area (TPSA) is 152 Å². The van der Waals surface area contributed by atoms with Crippen LogP contribution < -0.4 is 0 Å². The number of esters is 2. The smallest absolute Gasteiger partial charge is 0.306 e. The van der Waals surface area contributed by atoms with Crippen molar-refractivity contribution in [2.24, 2.45) is 0 Å². The highest BCUT2D eigenvalue weighted by molar-refractivity contribution is 5.70. The maximum atomic E-state index is 12.7. The van der Waals surface area contributed by atoms with E-state index in [9.17, 15) is 30.0 Å². The van der Waals surface area contributed by atoms with Crippen molar-refractivity contribution in [2.75, 3.05) is 19.8 Å². The Kier molecular flexibility index (Phi) is 32.6. The number of hydrogen-bond donors (Lipinski definition) is 4. The molecule has 4 N–H and O–H groups in total. The molecule has 312 valence electrons. The lowest BCUT2D eigenvalue weighted by atomic mass is 9.99. The Balaban J connectivity index is 2.35. The molecule has 1 saturated heterocycles. The van der Waals surface area contributed by atoms with Gasteiger partial charge in [0.25, 0.3) is 0 Å². The summed E-state index contributed by atoms with van der Waals surface area (Å²) in [6.45, 7) is 3.41. The molecule has 10 heteroatoms. The highest BCUT2D eigenvalue weighted by atomic mass is 16.7. The molecule has 0 aromatic heterocycles. The summed E-state index contributed by atoms with van der Waals surface area (Å²) in [7, 11) is 0. The summed E-state index contributed by atoms with van der Waals surface area (Å²) >= 11 is 0. The van der Waals surface area contributed by atoms with Crippen molar-refractivity contribution in [3.8, 4) is 0 Å². The van der Waals surface area contributed by atoms with Gasteiger partial charge < -0.3 is 39.4 Å². The molecule has 0 amide bonds. The Morgan fingerprint density at radius 2 is 1.00 bits per heavy atom. The Hall–Kier alpha value is -1.56. The average molecular weight is 757 g/mol. The molecule has 0 aromatic rings. The van der Waals surface area contributed by atoms with Crippen LogP contribution in [0.1, 0.15) is 194 Å². The first-order chi connectivity index (χ1) is 25.8. The minimum absolute atomic E-state index is 0.215. The Morgan fingerprint density at radius 3 is 1.47 bits per heavy atom. The predicted molar refractivity (Wildman–Crippen MR) is 210 cm³/mol. The van der Waals surface area contributed by atoms with Crippen molar-refractivity contribution in [1.82, 2.24) is 0 Å². The SMILES string of the molecule is CCCCCCCC/C=C\CCCCCCCC(=O)O[C@H](COC(=O)CCCCCCCCCCCCCCC)CO[C@@H]1O[C@H](CO)[C@@H](O)[C@H](O)[C@H]1O. The predicted octanol–water partition coefficient (Wildman–Crippen LogP) is 8.78. The van der Waals surface area contributed by atoms with Crippen LogP contribution in [0.3, 0.4) is 0 Å². The van der Waals surface area contributed by atoms with Crippen LogP contribution in [0.5, 0.6) is 0 Å². The van der Waals surface area contributed by atoms with E-state index in [4.69, 9.17) is 18.9 Å². The van der Waals surface area contributed by atoms with Crippen LogP contribution in [-0.4, -0.2) is 89.0 Å². The van der Waals surface area contributed by atoms with Gasteiger partial charge in [-0.2, -0.15) is 0 Å². The zero-order chi connectivity index (χ0) is 38.8. The molecule has 0 radical (unpaired) electrons. The molecule has 53 heavy (non-hydrogen) atoms. The van der Waals surface area contributed by atoms with Crippen LogP contribution in [0.25, 0.3) is 0 Å². The molecule has 1 aliphatic rings. The molecule has 1 rings (SSSR count). The number of unbranched alkanes of at least 4 members (excludes halogenated alkanes) is 23. The van der Waals surface area contributed by atoms with Crippen LogP contribution in [0, 0.1) is 0 Å². The van der Waals surface area contributed by atoms with Crippen molar-refractivity contribution in [3.05, 3.63) is 12.2 Å². The quantitative estimate of drug-likeness (QED) is 0.0277. The van der Waals surface area contributed by atoms with Gasteiger partial charge in [-0.1, -0.05) is 154 Å². The third-order valence-electron chi connectivity index (χ3n) is 10.2. The van der Waals surface area contributed by atoms with Crippen molar-refractivity contribution in [2.45, 2.75) is 230 Å². The molecule has 0 aromatic carbocycles.